The van der Waals surface area contributed by atoms with Crippen molar-refractivity contribution in [3.8, 4) is 0 Å². The molecule has 0 radical (unpaired) electrons. The van der Waals surface area contributed by atoms with E-state index in [1.165, 1.54) is 0 Å². The van der Waals surface area contributed by atoms with Gasteiger partial charge in [0.15, 0.2) is 5.82 Å². The standard InChI is InChI=1S/C14H19N5O2S/c1-3-12-16-10(8-22-12)6-13(20)19-4-5-21-11(7-19)14-15-9(2)17-18-14/h8,11H,3-7H2,1-2H3,(H,15,17,18)/t11-/m1/s1. The number of carbonyl (C=O) groups is 1. The van der Waals surface area contributed by atoms with Gasteiger partial charge in [-0.1, -0.05) is 6.92 Å². The minimum Gasteiger partial charge on any atom is -0.366 e. The molecule has 1 fully saturated rings. The van der Waals surface area contributed by atoms with Crippen LogP contribution in [0.4, 0.5) is 0 Å². The molecule has 0 aliphatic carbocycles. The van der Waals surface area contributed by atoms with Gasteiger partial charge in [0.1, 0.15) is 11.9 Å². The molecular formula is C14H19N5O2S. The van der Waals surface area contributed by atoms with Gasteiger partial charge in [0.2, 0.25) is 5.91 Å². The first-order valence-corrected chi connectivity index (χ1v) is 8.25. The average Bonchev–Trinajstić information content (AvgIpc) is 3.16. The van der Waals surface area contributed by atoms with E-state index in [1.807, 2.05) is 17.2 Å². The lowest BCUT2D eigenvalue weighted by molar-refractivity contribution is -0.138. The predicted octanol–water partition coefficient (Wildman–Crippen LogP) is 1.27. The Morgan fingerprint density at radius 1 is 1.55 bits per heavy atom. The maximum atomic E-state index is 12.4. The minimum atomic E-state index is -0.260. The van der Waals surface area contributed by atoms with Crippen LogP contribution in [-0.2, 0) is 22.4 Å². The lowest BCUT2D eigenvalue weighted by Gasteiger charge is -2.31. The summed E-state index contributed by atoms with van der Waals surface area (Å²) in [4.78, 5) is 23.0. The topological polar surface area (TPSA) is 84.0 Å². The Labute approximate surface area is 132 Å². The van der Waals surface area contributed by atoms with Gasteiger partial charge in [-0.15, -0.1) is 11.3 Å². The second-order valence-electron chi connectivity index (χ2n) is 5.24. The Morgan fingerprint density at radius 3 is 3.09 bits per heavy atom. The first-order chi connectivity index (χ1) is 10.7. The molecule has 0 spiro atoms. The van der Waals surface area contributed by atoms with Gasteiger partial charge in [-0.2, -0.15) is 5.10 Å². The number of morpholine rings is 1. The number of aromatic amines is 1. The Kier molecular flexibility index (Phi) is 4.49. The highest BCUT2D eigenvalue weighted by Gasteiger charge is 2.28. The molecule has 22 heavy (non-hydrogen) atoms. The third-order valence-corrected chi connectivity index (χ3v) is 4.60. The van der Waals surface area contributed by atoms with E-state index in [0.717, 1.165) is 22.9 Å². The minimum absolute atomic E-state index is 0.0773. The van der Waals surface area contributed by atoms with Gasteiger partial charge in [-0.3, -0.25) is 9.89 Å². The number of ether oxygens (including phenoxy) is 1. The van der Waals surface area contributed by atoms with E-state index in [4.69, 9.17) is 4.74 Å². The summed E-state index contributed by atoms with van der Waals surface area (Å²) < 4.78 is 5.68. The summed E-state index contributed by atoms with van der Waals surface area (Å²) in [6.07, 6.45) is 0.989. The summed E-state index contributed by atoms with van der Waals surface area (Å²) in [7, 11) is 0. The third-order valence-electron chi connectivity index (χ3n) is 3.56. The fraction of sp³-hybridized carbons (Fsp3) is 0.571. The van der Waals surface area contributed by atoms with Crippen LogP contribution in [0.1, 0.15) is 35.4 Å². The van der Waals surface area contributed by atoms with E-state index >= 15 is 0 Å². The van der Waals surface area contributed by atoms with Gasteiger partial charge >= 0.3 is 0 Å². The lowest BCUT2D eigenvalue weighted by atomic mass is 10.2. The fourth-order valence-corrected chi connectivity index (χ4v) is 3.14. The second kappa shape index (κ2) is 6.53. The van der Waals surface area contributed by atoms with E-state index in [1.54, 1.807) is 11.3 Å². The summed E-state index contributed by atoms with van der Waals surface area (Å²) in [5, 5.41) is 9.96. The van der Waals surface area contributed by atoms with Crippen LogP contribution in [0.3, 0.4) is 0 Å². The number of aromatic nitrogens is 4. The van der Waals surface area contributed by atoms with Crippen molar-refractivity contribution >= 4 is 17.2 Å². The molecule has 2 aromatic heterocycles. The molecular weight excluding hydrogens is 302 g/mol. The van der Waals surface area contributed by atoms with Crippen molar-refractivity contribution in [2.75, 3.05) is 19.7 Å². The summed E-state index contributed by atoms with van der Waals surface area (Å²) in [6.45, 7) is 5.50. The number of carbonyl (C=O) groups excluding carboxylic acids is 1. The third kappa shape index (κ3) is 3.33. The zero-order valence-electron chi connectivity index (χ0n) is 12.7. The van der Waals surface area contributed by atoms with Gasteiger partial charge < -0.3 is 9.64 Å². The molecule has 3 rings (SSSR count). The molecule has 2 aromatic rings. The first-order valence-electron chi connectivity index (χ1n) is 7.37. The van der Waals surface area contributed by atoms with Crippen LogP contribution in [0, 0.1) is 6.92 Å². The van der Waals surface area contributed by atoms with E-state index in [2.05, 4.69) is 27.1 Å². The largest absolute Gasteiger partial charge is 0.366 e. The number of hydrogen-bond donors (Lipinski definition) is 1. The highest BCUT2D eigenvalue weighted by Crippen LogP contribution is 2.20. The molecule has 0 unspecified atom stereocenters. The number of aryl methyl sites for hydroxylation is 2. The summed E-state index contributed by atoms with van der Waals surface area (Å²) in [5.41, 5.74) is 0.851. The van der Waals surface area contributed by atoms with Crippen molar-refractivity contribution in [2.45, 2.75) is 32.8 Å². The van der Waals surface area contributed by atoms with Gasteiger partial charge in [0, 0.05) is 11.9 Å². The van der Waals surface area contributed by atoms with Gasteiger partial charge in [-0.25, -0.2) is 9.97 Å². The van der Waals surface area contributed by atoms with Crippen molar-refractivity contribution in [3.63, 3.8) is 0 Å². The summed E-state index contributed by atoms with van der Waals surface area (Å²) >= 11 is 1.61. The zero-order chi connectivity index (χ0) is 15.5. The number of rotatable bonds is 4. The normalized spacial score (nSPS) is 18.6. The molecule has 0 bridgehead atoms. The zero-order valence-corrected chi connectivity index (χ0v) is 13.5. The van der Waals surface area contributed by atoms with Gasteiger partial charge in [-0.05, 0) is 13.3 Å². The fourth-order valence-electron chi connectivity index (χ4n) is 2.40. The van der Waals surface area contributed by atoms with Crippen LogP contribution >= 0.6 is 11.3 Å². The maximum Gasteiger partial charge on any atom is 0.228 e. The number of amides is 1. The lowest BCUT2D eigenvalue weighted by Crippen LogP contribution is -2.43. The van der Waals surface area contributed by atoms with Crippen LogP contribution in [-0.4, -0.2) is 50.7 Å². The highest BCUT2D eigenvalue weighted by molar-refractivity contribution is 7.09. The molecule has 3 heterocycles. The molecule has 1 atom stereocenters. The second-order valence-corrected chi connectivity index (χ2v) is 6.18. The Hall–Kier alpha value is -1.80. The van der Waals surface area contributed by atoms with Crippen molar-refractivity contribution < 1.29 is 9.53 Å². The predicted molar refractivity (Wildman–Crippen MR) is 81.6 cm³/mol. The van der Waals surface area contributed by atoms with Gasteiger partial charge in [0.05, 0.1) is 30.3 Å². The SMILES string of the molecule is CCc1nc(CC(=O)N2CCO[C@@H](c3n[nH]c(C)n3)C2)cs1. The van der Waals surface area contributed by atoms with E-state index in [0.29, 0.717) is 31.9 Å². The van der Waals surface area contributed by atoms with E-state index in [9.17, 15) is 4.79 Å². The molecule has 1 saturated heterocycles. The van der Waals surface area contributed by atoms with Crippen LogP contribution < -0.4 is 0 Å². The molecule has 1 aliphatic rings. The summed E-state index contributed by atoms with van der Waals surface area (Å²) in [5.74, 6) is 1.43. The van der Waals surface area contributed by atoms with Crippen LogP contribution in [0.2, 0.25) is 0 Å². The van der Waals surface area contributed by atoms with E-state index in [-0.39, 0.29) is 12.0 Å². The monoisotopic (exact) mass is 321 g/mol. The molecule has 1 N–H and O–H groups in total. The van der Waals surface area contributed by atoms with Gasteiger partial charge in [0.25, 0.3) is 0 Å². The number of thiazole rings is 1. The van der Waals surface area contributed by atoms with E-state index < -0.39 is 0 Å². The molecule has 1 amide bonds. The van der Waals surface area contributed by atoms with Crippen molar-refractivity contribution in [1.29, 1.82) is 0 Å². The first kappa shape index (κ1) is 15.1. The number of H-pyrrole nitrogens is 1. The quantitative estimate of drug-likeness (QED) is 0.917. The molecule has 0 saturated carbocycles. The Bertz CT molecular complexity index is 653. The van der Waals surface area contributed by atoms with Crippen molar-refractivity contribution in [1.82, 2.24) is 25.1 Å². The molecule has 8 heteroatoms. The number of nitrogens with zero attached hydrogens (tertiary/aromatic N) is 4. The molecule has 118 valence electrons. The van der Waals surface area contributed by atoms with Crippen LogP contribution in [0.15, 0.2) is 5.38 Å². The molecule has 1 aliphatic heterocycles. The summed E-state index contributed by atoms with van der Waals surface area (Å²) in [6, 6.07) is 0. The van der Waals surface area contributed by atoms with Crippen LogP contribution in [0.25, 0.3) is 0 Å². The number of nitrogens with one attached hydrogen (secondary N) is 1. The smallest absolute Gasteiger partial charge is 0.228 e. The van der Waals surface area contributed by atoms with Crippen molar-refractivity contribution in [2.24, 2.45) is 0 Å². The Balaban J connectivity index is 1.62. The average molecular weight is 321 g/mol. The highest BCUT2D eigenvalue weighted by atomic mass is 32.1. The van der Waals surface area contributed by atoms with Crippen molar-refractivity contribution in [3.05, 3.63) is 27.7 Å². The maximum absolute atomic E-state index is 12.4. The molecule has 0 aromatic carbocycles. The Morgan fingerprint density at radius 2 is 2.41 bits per heavy atom. The van der Waals surface area contributed by atoms with Crippen LogP contribution in [0.5, 0.6) is 0 Å². The molecule has 7 nitrogen and oxygen atoms in total. The number of hydrogen-bond acceptors (Lipinski definition) is 6.